The van der Waals surface area contributed by atoms with Crippen molar-refractivity contribution in [1.82, 2.24) is 0 Å². The van der Waals surface area contributed by atoms with Crippen LogP contribution in [0, 0.1) is 0 Å². The summed E-state index contributed by atoms with van der Waals surface area (Å²) in [7, 11) is 0. The van der Waals surface area contributed by atoms with E-state index in [1.54, 1.807) is 31.2 Å². The van der Waals surface area contributed by atoms with Gasteiger partial charge >= 0.3 is 0 Å². The van der Waals surface area contributed by atoms with Gasteiger partial charge in [-0.25, -0.2) is 0 Å². The number of carbonyl (C=O) groups excluding carboxylic acids is 2. The van der Waals surface area contributed by atoms with Crippen LogP contribution in [0.4, 0.5) is 5.69 Å². The summed E-state index contributed by atoms with van der Waals surface area (Å²) < 4.78 is 0. The highest BCUT2D eigenvalue weighted by atomic mass is 16.3. The Bertz CT molecular complexity index is 416. The summed E-state index contributed by atoms with van der Waals surface area (Å²) in [6.07, 6.45) is 0.0575. The molecule has 5 heteroatoms. The van der Waals surface area contributed by atoms with Gasteiger partial charge in [-0.1, -0.05) is 12.1 Å². The first-order valence-electron chi connectivity index (χ1n) is 5.37. The van der Waals surface area contributed by atoms with Crippen LogP contribution in [0.3, 0.4) is 0 Å². The third-order valence-corrected chi connectivity index (χ3v) is 2.26. The van der Waals surface area contributed by atoms with Gasteiger partial charge in [0.05, 0.1) is 17.4 Å². The van der Waals surface area contributed by atoms with E-state index in [9.17, 15) is 9.59 Å². The monoisotopic (exact) mass is 236 g/mol. The molecule has 0 fully saturated rings. The van der Waals surface area contributed by atoms with Gasteiger partial charge in [-0.05, 0) is 25.5 Å². The predicted molar refractivity (Wildman–Crippen MR) is 64.5 cm³/mol. The number of hydrogen-bond donors (Lipinski definition) is 3. The smallest absolute Gasteiger partial charge is 0.250 e. The van der Waals surface area contributed by atoms with Gasteiger partial charge in [0.1, 0.15) is 0 Å². The molecule has 0 bridgehead atoms. The highest BCUT2D eigenvalue weighted by Crippen LogP contribution is 2.14. The lowest BCUT2D eigenvalue weighted by Gasteiger charge is -2.09. The lowest BCUT2D eigenvalue weighted by atomic mass is 10.1. The Kier molecular flexibility index (Phi) is 4.66. The molecule has 0 radical (unpaired) electrons. The average Bonchev–Trinajstić information content (AvgIpc) is 2.27. The summed E-state index contributed by atoms with van der Waals surface area (Å²) in [5, 5.41) is 11.7. The first kappa shape index (κ1) is 13.2. The van der Waals surface area contributed by atoms with E-state index in [4.69, 9.17) is 10.8 Å². The normalized spacial score (nSPS) is 11.9. The molecule has 0 aliphatic heterocycles. The van der Waals surface area contributed by atoms with Crippen molar-refractivity contribution in [1.29, 1.82) is 0 Å². The maximum Gasteiger partial charge on any atom is 0.250 e. The Morgan fingerprint density at radius 2 is 2.06 bits per heavy atom. The molecular weight excluding hydrogens is 220 g/mol. The third kappa shape index (κ3) is 4.24. The van der Waals surface area contributed by atoms with Crippen LogP contribution < -0.4 is 11.1 Å². The van der Waals surface area contributed by atoms with E-state index in [0.29, 0.717) is 12.1 Å². The van der Waals surface area contributed by atoms with Crippen molar-refractivity contribution in [2.24, 2.45) is 5.73 Å². The fourth-order valence-electron chi connectivity index (χ4n) is 1.36. The van der Waals surface area contributed by atoms with Crippen molar-refractivity contribution in [2.45, 2.75) is 25.9 Å². The number of aliphatic hydroxyl groups is 1. The standard InChI is InChI=1S/C12H16N2O3/c1-8(15)6-7-11(16)14-10-5-3-2-4-9(10)12(13)17/h2-5,8,15H,6-7H2,1H3,(H2,13,17)(H,14,16). The van der Waals surface area contributed by atoms with Gasteiger partial charge in [0, 0.05) is 6.42 Å². The van der Waals surface area contributed by atoms with E-state index in [-0.39, 0.29) is 17.9 Å². The molecule has 17 heavy (non-hydrogen) atoms. The number of anilines is 1. The average molecular weight is 236 g/mol. The van der Waals surface area contributed by atoms with Gasteiger partial charge in [0.25, 0.3) is 5.91 Å². The van der Waals surface area contributed by atoms with Crippen LogP contribution in [0.2, 0.25) is 0 Å². The number of rotatable bonds is 5. The molecule has 1 atom stereocenters. The van der Waals surface area contributed by atoms with Crippen molar-refractivity contribution in [3.8, 4) is 0 Å². The van der Waals surface area contributed by atoms with Gasteiger partial charge in [-0.2, -0.15) is 0 Å². The molecule has 1 aromatic rings. The fraction of sp³-hybridized carbons (Fsp3) is 0.333. The van der Waals surface area contributed by atoms with E-state index >= 15 is 0 Å². The molecule has 1 unspecified atom stereocenters. The number of hydrogen-bond acceptors (Lipinski definition) is 3. The number of benzene rings is 1. The van der Waals surface area contributed by atoms with E-state index in [1.807, 2.05) is 0 Å². The number of primary amides is 1. The Morgan fingerprint density at radius 1 is 1.41 bits per heavy atom. The minimum Gasteiger partial charge on any atom is -0.393 e. The highest BCUT2D eigenvalue weighted by molar-refractivity contribution is 6.02. The molecule has 4 N–H and O–H groups in total. The van der Waals surface area contributed by atoms with E-state index in [2.05, 4.69) is 5.32 Å². The molecule has 0 aliphatic carbocycles. The van der Waals surface area contributed by atoms with Crippen molar-refractivity contribution in [3.63, 3.8) is 0 Å². The molecule has 0 aromatic heterocycles. The lowest BCUT2D eigenvalue weighted by Crippen LogP contribution is -2.18. The molecule has 0 aliphatic rings. The van der Waals surface area contributed by atoms with Crippen molar-refractivity contribution < 1.29 is 14.7 Å². The maximum atomic E-state index is 11.5. The van der Waals surface area contributed by atoms with E-state index in [1.165, 1.54) is 0 Å². The number of para-hydroxylation sites is 1. The largest absolute Gasteiger partial charge is 0.393 e. The Labute approximate surface area is 99.6 Å². The summed E-state index contributed by atoms with van der Waals surface area (Å²) in [6.45, 7) is 1.62. The van der Waals surface area contributed by atoms with Crippen LogP contribution in [0.25, 0.3) is 0 Å². The molecule has 0 saturated heterocycles. The molecule has 0 spiro atoms. The zero-order valence-electron chi connectivity index (χ0n) is 9.64. The molecule has 1 aromatic carbocycles. The first-order chi connectivity index (χ1) is 8.00. The van der Waals surface area contributed by atoms with Crippen LogP contribution in [-0.4, -0.2) is 23.0 Å². The second-order valence-corrected chi connectivity index (χ2v) is 3.85. The molecule has 1 rings (SSSR count). The third-order valence-electron chi connectivity index (χ3n) is 2.26. The van der Waals surface area contributed by atoms with E-state index < -0.39 is 12.0 Å². The number of amides is 2. The lowest BCUT2D eigenvalue weighted by molar-refractivity contribution is -0.116. The van der Waals surface area contributed by atoms with Crippen molar-refractivity contribution in [3.05, 3.63) is 29.8 Å². The van der Waals surface area contributed by atoms with Crippen molar-refractivity contribution >= 4 is 17.5 Å². The number of aliphatic hydroxyl groups excluding tert-OH is 1. The minimum atomic E-state index is -0.587. The zero-order valence-corrected chi connectivity index (χ0v) is 9.64. The van der Waals surface area contributed by atoms with Gasteiger partial charge in [-0.3, -0.25) is 9.59 Å². The predicted octanol–water partition coefficient (Wildman–Crippen LogP) is 0.885. The topological polar surface area (TPSA) is 92.4 Å². The number of carbonyl (C=O) groups is 2. The summed E-state index contributed by atoms with van der Waals surface area (Å²) in [6, 6.07) is 6.54. The molecule has 0 saturated carbocycles. The number of nitrogens with two attached hydrogens (primary N) is 1. The van der Waals surface area contributed by atoms with Crippen molar-refractivity contribution in [2.75, 3.05) is 5.32 Å². The second kappa shape index (κ2) is 6.00. The zero-order chi connectivity index (χ0) is 12.8. The molecule has 0 heterocycles. The fourth-order valence-corrected chi connectivity index (χ4v) is 1.36. The Balaban J connectivity index is 2.68. The molecule has 92 valence electrons. The SMILES string of the molecule is CC(O)CCC(=O)Nc1ccccc1C(N)=O. The summed E-state index contributed by atoms with van der Waals surface area (Å²) in [5.41, 5.74) is 5.86. The van der Waals surface area contributed by atoms with Crippen LogP contribution in [-0.2, 0) is 4.79 Å². The van der Waals surface area contributed by atoms with E-state index in [0.717, 1.165) is 0 Å². The molecule has 2 amide bonds. The minimum absolute atomic E-state index is 0.199. The van der Waals surface area contributed by atoms with Gasteiger partial charge < -0.3 is 16.2 Å². The summed E-state index contributed by atoms with van der Waals surface area (Å²) in [4.78, 5) is 22.6. The summed E-state index contributed by atoms with van der Waals surface area (Å²) in [5.74, 6) is -0.837. The van der Waals surface area contributed by atoms with Crippen LogP contribution in [0.1, 0.15) is 30.1 Å². The van der Waals surface area contributed by atoms with Crippen LogP contribution in [0.5, 0.6) is 0 Å². The Morgan fingerprint density at radius 3 is 2.65 bits per heavy atom. The van der Waals surface area contributed by atoms with Gasteiger partial charge in [0.15, 0.2) is 0 Å². The van der Waals surface area contributed by atoms with Crippen LogP contribution in [0.15, 0.2) is 24.3 Å². The van der Waals surface area contributed by atoms with Gasteiger partial charge in [0.2, 0.25) is 5.91 Å². The second-order valence-electron chi connectivity index (χ2n) is 3.85. The Hall–Kier alpha value is -1.88. The first-order valence-corrected chi connectivity index (χ1v) is 5.37. The molecule has 5 nitrogen and oxygen atoms in total. The summed E-state index contributed by atoms with van der Waals surface area (Å²) >= 11 is 0. The highest BCUT2D eigenvalue weighted by Gasteiger charge is 2.10. The van der Waals surface area contributed by atoms with Gasteiger partial charge in [-0.15, -0.1) is 0 Å². The quantitative estimate of drug-likeness (QED) is 0.708. The van der Waals surface area contributed by atoms with Crippen LogP contribution >= 0.6 is 0 Å². The number of nitrogens with one attached hydrogen (secondary N) is 1. The maximum absolute atomic E-state index is 11.5. The molecular formula is C12H16N2O3.